The van der Waals surface area contributed by atoms with Crippen molar-refractivity contribution in [2.75, 3.05) is 13.2 Å². The van der Waals surface area contributed by atoms with Gasteiger partial charge in [0.25, 0.3) is 17.1 Å². The molecule has 174 valence electrons. The molecule has 0 spiro atoms. The van der Waals surface area contributed by atoms with Crippen LogP contribution < -0.4 is 0 Å². The Hall–Kier alpha value is -4.42. The zero-order valence-corrected chi connectivity index (χ0v) is 17.6. The molecule has 0 aliphatic rings. The van der Waals surface area contributed by atoms with Gasteiger partial charge in [-0.05, 0) is 19.9 Å². The molecule has 2 rings (SSSR count). The Morgan fingerprint density at radius 1 is 0.818 bits per heavy atom. The first-order valence-corrected chi connectivity index (χ1v) is 9.60. The first-order valence-electron chi connectivity index (χ1n) is 9.60. The zero-order chi connectivity index (χ0) is 24.8. The summed E-state index contributed by atoms with van der Waals surface area (Å²) in [6.07, 6.45) is -0.722. The van der Waals surface area contributed by atoms with Crippen LogP contribution in [0.15, 0.2) is 42.5 Å². The summed E-state index contributed by atoms with van der Waals surface area (Å²) < 4.78 is 10.1. The second-order valence-corrected chi connectivity index (χ2v) is 6.62. The third kappa shape index (κ3) is 4.92. The standard InChI is InChI=1S/C20H19N3O10/c1-3-32-18(24)20(19(25)33-4-2,12-13-7-5-6-8-16(13)22(28)29)15-10-9-14(21(26)27)11-17(15)23(30)31/h5-11H,3-4,12H2,1-2H3. The minimum atomic E-state index is -2.55. The van der Waals surface area contributed by atoms with Crippen LogP contribution in [-0.4, -0.2) is 39.9 Å². The van der Waals surface area contributed by atoms with Gasteiger partial charge in [-0.25, -0.2) is 0 Å². The second-order valence-electron chi connectivity index (χ2n) is 6.62. The van der Waals surface area contributed by atoms with E-state index in [4.69, 9.17) is 9.47 Å². The van der Waals surface area contributed by atoms with Crippen LogP contribution in [0.25, 0.3) is 0 Å². The molecule has 0 bridgehead atoms. The number of nitro groups is 3. The largest absolute Gasteiger partial charge is 0.465 e. The van der Waals surface area contributed by atoms with Crippen molar-refractivity contribution in [3.8, 4) is 0 Å². The molecule has 0 saturated carbocycles. The van der Waals surface area contributed by atoms with Crippen molar-refractivity contribution in [1.29, 1.82) is 0 Å². The Labute approximate surface area is 186 Å². The number of nitrogens with zero attached hydrogens (tertiary/aromatic N) is 3. The lowest BCUT2D eigenvalue weighted by atomic mass is 9.74. The molecule has 0 saturated heterocycles. The lowest BCUT2D eigenvalue weighted by molar-refractivity contribution is -0.394. The number of ether oxygens (including phenoxy) is 2. The van der Waals surface area contributed by atoms with Crippen molar-refractivity contribution in [3.05, 3.63) is 83.9 Å². The summed E-state index contributed by atoms with van der Waals surface area (Å²) in [5.41, 5.74) is -5.21. The van der Waals surface area contributed by atoms with Gasteiger partial charge in [-0.15, -0.1) is 0 Å². The average molecular weight is 461 g/mol. The summed E-state index contributed by atoms with van der Waals surface area (Å²) in [7, 11) is 0. The van der Waals surface area contributed by atoms with Gasteiger partial charge in [0.1, 0.15) is 0 Å². The molecule has 33 heavy (non-hydrogen) atoms. The molecule has 0 amide bonds. The molecule has 0 unspecified atom stereocenters. The van der Waals surface area contributed by atoms with E-state index in [1.54, 1.807) is 0 Å². The molecule has 13 nitrogen and oxygen atoms in total. The third-order valence-corrected chi connectivity index (χ3v) is 4.74. The minimum Gasteiger partial charge on any atom is -0.465 e. The number of carbonyl (C=O) groups excluding carboxylic acids is 2. The lowest BCUT2D eigenvalue weighted by Gasteiger charge is -2.29. The molecule has 0 aliphatic carbocycles. The summed E-state index contributed by atoms with van der Waals surface area (Å²) in [6.45, 7) is 2.42. The molecule has 2 aromatic rings. The van der Waals surface area contributed by atoms with Gasteiger partial charge in [0, 0.05) is 24.1 Å². The number of carbonyl (C=O) groups is 2. The highest BCUT2D eigenvalue weighted by atomic mass is 16.6. The number of benzene rings is 2. The van der Waals surface area contributed by atoms with E-state index in [0.29, 0.717) is 6.07 Å². The number of esters is 2. The molecule has 0 aromatic heterocycles. The van der Waals surface area contributed by atoms with Crippen LogP contribution in [-0.2, 0) is 30.9 Å². The second kappa shape index (κ2) is 10.3. The van der Waals surface area contributed by atoms with Gasteiger partial charge in [-0.3, -0.25) is 39.9 Å². The highest BCUT2D eigenvalue weighted by Crippen LogP contribution is 2.40. The summed E-state index contributed by atoms with van der Waals surface area (Å²) in [4.78, 5) is 58.3. The van der Waals surface area contributed by atoms with Crippen molar-refractivity contribution < 1.29 is 33.8 Å². The summed E-state index contributed by atoms with van der Waals surface area (Å²) in [6, 6.07) is 7.58. The van der Waals surface area contributed by atoms with Gasteiger partial charge >= 0.3 is 11.9 Å². The van der Waals surface area contributed by atoms with Crippen LogP contribution >= 0.6 is 0 Å². The molecule has 0 radical (unpaired) electrons. The van der Waals surface area contributed by atoms with E-state index >= 15 is 0 Å². The van der Waals surface area contributed by atoms with E-state index in [2.05, 4.69) is 0 Å². The molecule has 2 aromatic carbocycles. The van der Waals surface area contributed by atoms with Crippen LogP contribution in [0.5, 0.6) is 0 Å². The number of rotatable bonds is 10. The van der Waals surface area contributed by atoms with Gasteiger partial charge in [0.15, 0.2) is 0 Å². The molecule has 0 aliphatic heterocycles. The summed E-state index contributed by atoms with van der Waals surface area (Å²) >= 11 is 0. The van der Waals surface area contributed by atoms with Gasteiger partial charge in [-0.1, -0.05) is 18.2 Å². The van der Waals surface area contributed by atoms with Crippen molar-refractivity contribution >= 4 is 29.0 Å². The maximum Gasteiger partial charge on any atom is 0.328 e. The van der Waals surface area contributed by atoms with Gasteiger partial charge in [-0.2, -0.15) is 0 Å². The fraction of sp³-hybridized carbons (Fsp3) is 0.300. The topological polar surface area (TPSA) is 182 Å². The Bertz CT molecular complexity index is 1100. The highest BCUT2D eigenvalue weighted by Gasteiger charge is 2.55. The number of hydrogen-bond acceptors (Lipinski definition) is 10. The van der Waals surface area contributed by atoms with Gasteiger partial charge < -0.3 is 9.47 Å². The first-order chi connectivity index (χ1) is 15.6. The molecule has 0 N–H and O–H groups in total. The molecule has 0 atom stereocenters. The Balaban J connectivity index is 2.94. The SMILES string of the molecule is CCOC(=O)C(Cc1ccccc1[N+](=O)[O-])(C(=O)OCC)c1ccc([N+](=O)[O-])cc1[N+](=O)[O-]. The van der Waals surface area contributed by atoms with Crippen LogP contribution in [0, 0.1) is 30.3 Å². The highest BCUT2D eigenvalue weighted by molar-refractivity contribution is 6.07. The van der Waals surface area contributed by atoms with Crippen molar-refractivity contribution in [2.24, 2.45) is 0 Å². The van der Waals surface area contributed by atoms with Gasteiger partial charge in [0.2, 0.25) is 5.41 Å². The Kier molecular flexibility index (Phi) is 7.72. The van der Waals surface area contributed by atoms with Gasteiger partial charge in [0.05, 0.1) is 39.6 Å². The maximum atomic E-state index is 13.2. The number of non-ortho nitro benzene ring substituents is 1. The predicted molar refractivity (Wildman–Crippen MR) is 111 cm³/mol. The normalized spacial score (nSPS) is 10.8. The summed E-state index contributed by atoms with van der Waals surface area (Å²) in [5, 5.41) is 34.5. The molecule has 0 fully saturated rings. The molecule has 0 heterocycles. The third-order valence-electron chi connectivity index (χ3n) is 4.74. The van der Waals surface area contributed by atoms with Crippen molar-refractivity contribution in [1.82, 2.24) is 0 Å². The van der Waals surface area contributed by atoms with Crippen molar-refractivity contribution in [3.63, 3.8) is 0 Å². The van der Waals surface area contributed by atoms with E-state index < -0.39 is 61.2 Å². The van der Waals surface area contributed by atoms with Crippen LogP contribution in [0.1, 0.15) is 25.0 Å². The van der Waals surface area contributed by atoms with E-state index in [1.165, 1.54) is 32.0 Å². The number of nitro benzene ring substituents is 3. The smallest absolute Gasteiger partial charge is 0.328 e. The van der Waals surface area contributed by atoms with Crippen molar-refractivity contribution in [2.45, 2.75) is 25.7 Å². The van der Waals surface area contributed by atoms with E-state index in [0.717, 1.165) is 18.2 Å². The van der Waals surface area contributed by atoms with E-state index in [9.17, 15) is 39.9 Å². The minimum absolute atomic E-state index is 0.101. The monoisotopic (exact) mass is 461 g/mol. The lowest BCUT2D eigenvalue weighted by Crippen LogP contribution is -2.48. The average Bonchev–Trinajstić information content (AvgIpc) is 2.77. The van der Waals surface area contributed by atoms with E-state index in [-0.39, 0.29) is 18.8 Å². The van der Waals surface area contributed by atoms with Crippen LogP contribution in [0.2, 0.25) is 0 Å². The Morgan fingerprint density at radius 3 is 1.85 bits per heavy atom. The summed E-state index contributed by atoms with van der Waals surface area (Å²) in [5.74, 6) is -2.50. The zero-order valence-electron chi connectivity index (χ0n) is 17.6. The molecule has 13 heteroatoms. The quantitative estimate of drug-likeness (QED) is 0.221. The first kappa shape index (κ1) is 24.8. The fourth-order valence-electron chi connectivity index (χ4n) is 3.32. The van der Waals surface area contributed by atoms with Crippen LogP contribution in [0.4, 0.5) is 17.1 Å². The Morgan fingerprint density at radius 2 is 1.36 bits per heavy atom. The maximum absolute atomic E-state index is 13.2. The van der Waals surface area contributed by atoms with Crippen LogP contribution in [0.3, 0.4) is 0 Å². The number of para-hydroxylation sites is 1. The molecular weight excluding hydrogens is 442 g/mol. The molecular formula is C20H19N3O10. The number of hydrogen-bond donors (Lipinski definition) is 0. The fourth-order valence-corrected chi connectivity index (χ4v) is 3.32. The van der Waals surface area contributed by atoms with E-state index in [1.807, 2.05) is 0 Å². The predicted octanol–water partition coefficient (Wildman–Crippen LogP) is 3.02.